The van der Waals surface area contributed by atoms with Crippen LogP contribution in [0.5, 0.6) is 0 Å². The summed E-state index contributed by atoms with van der Waals surface area (Å²) in [6.45, 7) is 5.47. The van der Waals surface area contributed by atoms with E-state index in [1.54, 1.807) is 29.0 Å². The Morgan fingerprint density at radius 3 is 2.43 bits per heavy atom. The minimum atomic E-state index is -0.117. The second-order valence-corrected chi connectivity index (χ2v) is 6.97. The molecule has 1 aromatic heterocycles. The third-order valence-electron chi connectivity index (χ3n) is 5.03. The number of rotatable bonds is 10. The Hall–Kier alpha value is -2.60. The Morgan fingerprint density at radius 1 is 1.14 bits per heavy atom. The lowest BCUT2D eigenvalue weighted by Crippen LogP contribution is -2.47. The Kier molecular flexibility index (Phi) is 8.26. The maximum Gasteiger partial charge on any atom is 0.254 e. The van der Waals surface area contributed by atoms with Gasteiger partial charge in [0, 0.05) is 44.2 Å². The summed E-state index contributed by atoms with van der Waals surface area (Å²) >= 11 is 0. The summed E-state index contributed by atoms with van der Waals surface area (Å²) < 4.78 is 7.18. The number of benzene rings is 1. The fraction of sp³-hybridized carbons (Fsp3) is 0.455. The van der Waals surface area contributed by atoms with Gasteiger partial charge in [0.2, 0.25) is 5.91 Å². The highest BCUT2D eigenvalue weighted by atomic mass is 16.5. The number of carbonyl (C=O) groups excluding carboxylic acids is 2. The van der Waals surface area contributed by atoms with Crippen molar-refractivity contribution >= 4 is 11.8 Å². The van der Waals surface area contributed by atoms with E-state index in [0.717, 1.165) is 12.1 Å². The van der Waals surface area contributed by atoms with Gasteiger partial charge in [0.15, 0.2) is 0 Å². The quantitative estimate of drug-likeness (QED) is 0.632. The second kappa shape index (κ2) is 10.7. The van der Waals surface area contributed by atoms with E-state index in [0.29, 0.717) is 25.3 Å². The van der Waals surface area contributed by atoms with Crippen LogP contribution in [0.1, 0.15) is 36.3 Å². The van der Waals surface area contributed by atoms with Crippen LogP contribution >= 0.6 is 0 Å². The number of aromatic nitrogens is 1. The van der Waals surface area contributed by atoms with Crippen molar-refractivity contribution in [3.63, 3.8) is 0 Å². The molecule has 0 aliphatic heterocycles. The van der Waals surface area contributed by atoms with Crippen LogP contribution in [0.4, 0.5) is 0 Å². The van der Waals surface area contributed by atoms with E-state index in [9.17, 15) is 9.59 Å². The monoisotopic (exact) mass is 385 g/mol. The number of nitrogens with zero attached hydrogens (tertiary/aromatic N) is 3. The number of hydrogen-bond acceptors (Lipinski definition) is 3. The molecule has 0 fully saturated rings. The van der Waals surface area contributed by atoms with E-state index in [2.05, 4.69) is 0 Å². The van der Waals surface area contributed by atoms with Gasteiger partial charge in [-0.25, -0.2) is 0 Å². The molecule has 2 aromatic rings. The molecule has 0 saturated heterocycles. The molecule has 0 N–H and O–H groups in total. The van der Waals surface area contributed by atoms with Crippen molar-refractivity contribution in [2.45, 2.75) is 32.9 Å². The zero-order valence-electron chi connectivity index (χ0n) is 17.3. The number of amides is 2. The van der Waals surface area contributed by atoms with Gasteiger partial charge in [-0.15, -0.1) is 0 Å². The van der Waals surface area contributed by atoms with Crippen LogP contribution in [-0.2, 0) is 23.1 Å². The maximum absolute atomic E-state index is 13.1. The summed E-state index contributed by atoms with van der Waals surface area (Å²) in [4.78, 5) is 29.6. The molecule has 2 rings (SSSR count). The minimum Gasteiger partial charge on any atom is -0.383 e. The van der Waals surface area contributed by atoms with Gasteiger partial charge >= 0.3 is 0 Å². The van der Waals surface area contributed by atoms with Crippen molar-refractivity contribution < 1.29 is 14.3 Å². The predicted octanol–water partition coefficient (Wildman–Crippen LogP) is 2.94. The van der Waals surface area contributed by atoms with Gasteiger partial charge in [0.25, 0.3) is 5.91 Å². The number of hydrogen-bond donors (Lipinski definition) is 0. The van der Waals surface area contributed by atoms with Crippen LogP contribution in [-0.4, -0.2) is 59.0 Å². The lowest BCUT2D eigenvalue weighted by Gasteiger charge is -2.31. The number of methoxy groups -OCH3 is 1. The molecule has 1 atom stereocenters. The molecule has 0 aliphatic rings. The van der Waals surface area contributed by atoms with Crippen LogP contribution in [0.15, 0.2) is 48.7 Å². The van der Waals surface area contributed by atoms with Crippen LogP contribution in [0.25, 0.3) is 0 Å². The first kappa shape index (κ1) is 21.7. The lowest BCUT2D eigenvalue weighted by atomic mass is 10.1. The molecule has 0 radical (unpaired) electrons. The predicted molar refractivity (Wildman–Crippen MR) is 110 cm³/mol. The SMILES string of the molecule is CC[C@@H](C)N(CC(=O)N(CCOC)Cc1cccn1C)C(=O)c1ccccc1. The molecular formula is C22H31N3O3. The van der Waals surface area contributed by atoms with Crippen molar-refractivity contribution in [1.29, 1.82) is 0 Å². The van der Waals surface area contributed by atoms with Crippen LogP contribution in [0, 0.1) is 0 Å². The van der Waals surface area contributed by atoms with E-state index < -0.39 is 0 Å². The summed E-state index contributed by atoms with van der Waals surface area (Å²) in [6, 6.07) is 13.0. The third-order valence-corrected chi connectivity index (χ3v) is 5.03. The van der Waals surface area contributed by atoms with Gasteiger partial charge in [-0.2, -0.15) is 0 Å². The molecule has 28 heavy (non-hydrogen) atoms. The van der Waals surface area contributed by atoms with Gasteiger partial charge in [0.05, 0.1) is 13.2 Å². The van der Waals surface area contributed by atoms with Gasteiger partial charge in [-0.3, -0.25) is 9.59 Å². The number of aryl methyl sites for hydroxylation is 1. The first-order valence-corrected chi connectivity index (χ1v) is 9.70. The van der Waals surface area contributed by atoms with Crippen molar-refractivity contribution in [3.8, 4) is 0 Å². The van der Waals surface area contributed by atoms with Gasteiger partial charge in [-0.1, -0.05) is 25.1 Å². The number of carbonyl (C=O) groups is 2. The Bertz CT molecular complexity index is 757. The summed E-state index contributed by atoms with van der Waals surface area (Å²) in [5.74, 6) is -0.198. The molecule has 6 heteroatoms. The topological polar surface area (TPSA) is 54.8 Å². The van der Waals surface area contributed by atoms with Gasteiger partial charge in [-0.05, 0) is 37.6 Å². The van der Waals surface area contributed by atoms with Crippen molar-refractivity contribution in [3.05, 3.63) is 59.9 Å². The smallest absolute Gasteiger partial charge is 0.254 e. The molecule has 0 unspecified atom stereocenters. The zero-order valence-corrected chi connectivity index (χ0v) is 17.3. The normalized spacial score (nSPS) is 11.9. The fourth-order valence-electron chi connectivity index (χ4n) is 2.99. The summed E-state index contributed by atoms with van der Waals surface area (Å²) in [6.07, 6.45) is 2.74. The highest BCUT2D eigenvalue weighted by Gasteiger charge is 2.25. The standard InChI is InChI=1S/C22H31N3O3/c1-5-18(2)25(22(27)19-10-7-6-8-11-19)17-21(26)24(14-15-28-4)16-20-12-9-13-23(20)3/h6-13,18H,5,14-17H2,1-4H3/t18-/m1/s1. The van der Waals surface area contributed by atoms with E-state index in [1.807, 2.05) is 62.0 Å². The van der Waals surface area contributed by atoms with E-state index in [1.165, 1.54) is 0 Å². The minimum absolute atomic E-state index is 0.0315. The highest BCUT2D eigenvalue weighted by Crippen LogP contribution is 2.13. The first-order chi connectivity index (χ1) is 13.5. The molecule has 0 aliphatic carbocycles. The van der Waals surface area contributed by atoms with Crippen molar-refractivity contribution in [2.24, 2.45) is 7.05 Å². The molecule has 152 valence electrons. The molecule has 1 heterocycles. The summed E-state index contributed by atoms with van der Waals surface area (Å²) in [7, 11) is 3.58. The average Bonchev–Trinajstić information content (AvgIpc) is 3.13. The first-order valence-electron chi connectivity index (χ1n) is 9.70. The van der Waals surface area contributed by atoms with Gasteiger partial charge < -0.3 is 19.1 Å². The Labute approximate surface area is 167 Å². The second-order valence-electron chi connectivity index (χ2n) is 6.97. The van der Waals surface area contributed by atoms with Gasteiger partial charge in [0.1, 0.15) is 6.54 Å². The third kappa shape index (κ3) is 5.70. The Balaban J connectivity index is 2.18. The zero-order chi connectivity index (χ0) is 20.5. The molecule has 6 nitrogen and oxygen atoms in total. The van der Waals surface area contributed by atoms with E-state index >= 15 is 0 Å². The molecule has 0 spiro atoms. The van der Waals surface area contributed by atoms with Crippen molar-refractivity contribution in [2.75, 3.05) is 26.8 Å². The van der Waals surface area contributed by atoms with E-state index in [4.69, 9.17) is 4.74 Å². The van der Waals surface area contributed by atoms with Crippen LogP contribution < -0.4 is 0 Å². The highest BCUT2D eigenvalue weighted by molar-refractivity contribution is 5.96. The average molecular weight is 386 g/mol. The van der Waals surface area contributed by atoms with E-state index in [-0.39, 0.29) is 24.4 Å². The lowest BCUT2D eigenvalue weighted by molar-refractivity contribution is -0.133. The van der Waals surface area contributed by atoms with Crippen molar-refractivity contribution in [1.82, 2.24) is 14.4 Å². The summed E-state index contributed by atoms with van der Waals surface area (Å²) in [5, 5.41) is 0. The van der Waals surface area contributed by atoms with Crippen LogP contribution in [0.3, 0.4) is 0 Å². The van der Waals surface area contributed by atoms with Crippen LogP contribution in [0.2, 0.25) is 0 Å². The molecule has 1 aromatic carbocycles. The Morgan fingerprint density at radius 2 is 1.86 bits per heavy atom. The molecule has 2 amide bonds. The largest absolute Gasteiger partial charge is 0.383 e. The number of ether oxygens (including phenoxy) is 1. The molecule has 0 saturated carbocycles. The fourth-order valence-corrected chi connectivity index (χ4v) is 2.99. The molecule has 0 bridgehead atoms. The molecular weight excluding hydrogens is 354 g/mol. The summed E-state index contributed by atoms with van der Waals surface area (Å²) in [5.41, 5.74) is 1.63. The maximum atomic E-state index is 13.1.